The van der Waals surface area contributed by atoms with Crippen LogP contribution in [0.4, 0.5) is 0 Å². The van der Waals surface area contributed by atoms with Gasteiger partial charge in [0.25, 0.3) is 0 Å². The predicted octanol–water partition coefficient (Wildman–Crippen LogP) is 3.09. The van der Waals surface area contributed by atoms with Crippen molar-refractivity contribution in [3.63, 3.8) is 0 Å². The molecule has 0 saturated carbocycles. The van der Waals surface area contributed by atoms with Crippen LogP contribution < -0.4 is 10.6 Å². The number of halogens is 2. The second-order valence-corrected chi connectivity index (χ2v) is 5.58. The normalized spacial score (nSPS) is 11.5. The van der Waals surface area contributed by atoms with Crippen LogP contribution in [-0.2, 0) is 4.79 Å². The van der Waals surface area contributed by atoms with E-state index in [0.29, 0.717) is 13.0 Å². The zero-order valence-electron chi connectivity index (χ0n) is 13.6. The third-order valence-electron chi connectivity index (χ3n) is 3.50. The van der Waals surface area contributed by atoms with Gasteiger partial charge in [0.1, 0.15) is 0 Å². The lowest BCUT2D eigenvalue weighted by Crippen LogP contribution is -2.38. The van der Waals surface area contributed by atoms with Crippen molar-refractivity contribution in [1.82, 2.24) is 15.5 Å². The number of hydrogen-bond acceptors (Lipinski definition) is 4. The fourth-order valence-corrected chi connectivity index (χ4v) is 3.02. The number of rotatable bonds is 10. The van der Waals surface area contributed by atoms with Gasteiger partial charge in [-0.3, -0.25) is 9.69 Å². The number of carbonyl (C=O) groups is 1. The summed E-state index contributed by atoms with van der Waals surface area (Å²) in [7, 11) is 1.91. The minimum Gasteiger partial charge on any atom is -0.354 e. The van der Waals surface area contributed by atoms with E-state index in [4.69, 9.17) is 0 Å². The van der Waals surface area contributed by atoms with E-state index in [1.165, 1.54) is 5.56 Å². The molecule has 0 aliphatic rings. The Morgan fingerprint density at radius 2 is 2.00 bits per heavy atom. The van der Waals surface area contributed by atoms with E-state index in [1.807, 2.05) is 7.05 Å². The zero-order chi connectivity index (χ0) is 14.8. The van der Waals surface area contributed by atoms with Gasteiger partial charge in [-0.05, 0) is 55.5 Å². The fraction of sp³-hybridized carbons (Fsp3) is 0.667. The largest absolute Gasteiger partial charge is 0.354 e. The summed E-state index contributed by atoms with van der Waals surface area (Å²) < 4.78 is 0. The van der Waals surface area contributed by atoms with Gasteiger partial charge in [0.05, 0.1) is 6.04 Å². The van der Waals surface area contributed by atoms with Crippen molar-refractivity contribution in [3.8, 4) is 0 Å². The third kappa shape index (κ3) is 8.34. The fourth-order valence-electron chi connectivity index (χ4n) is 2.31. The Hall–Kier alpha value is -0.330. The van der Waals surface area contributed by atoms with Gasteiger partial charge >= 0.3 is 0 Å². The van der Waals surface area contributed by atoms with E-state index in [0.717, 1.165) is 26.1 Å². The molecule has 2 N–H and O–H groups in total. The molecule has 0 bridgehead atoms. The molecule has 0 fully saturated rings. The Bertz CT molecular complexity index is 373. The lowest BCUT2D eigenvalue weighted by Gasteiger charge is -2.29. The molecular formula is C15H29Cl2N3OS. The molecule has 1 atom stereocenters. The number of hydrogen-bond donors (Lipinski definition) is 2. The molecule has 1 amide bonds. The molecule has 1 heterocycles. The SMILES string of the molecule is CCN(CC)C(CNC(=O)CCCNC)c1ccsc1.Cl.Cl. The Balaban J connectivity index is 0. The monoisotopic (exact) mass is 369 g/mol. The highest BCUT2D eigenvalue weighted by Gasteiger charge is 2.18. The van der Waals surface area contributed by atoms with E-state index in [1.54, 1.807) is 11.3 Å². The first-order chi connectivity index (χ1) is 9.72. The Morgan fingerprint density at radius 1 is 1.32 bits per heavy atom. The van der Waals surface area contributed by atoms with E-state index < -0.39 is 0 Å². The number of carbonyl (C=O) groups excluding carboxylic acids is 1. The van der Waals surface area contributed by atoms with Gasteiger partial charge in [-0.25, -0.2) is 0 Å². The first kappa shape index (κ1) is 23.9. The first-order valence-electron chi connectivity index (χ1n) is 7.40. The highest BCUT2D eigenvalue weighted by molar-refractivity contribution is 7.07. The molecule has 22 heavy (non-hydrogen) atoms. The first-order valence-corrected chi connectivity index (χ1v) is 8.34. The van der Waals surface area contributed by atoms with Gasteiger partial charge < -0.3 is 10.6 Å². The minimum absolute atomic E-state index is 0. The number of thiophene rings is 1. The molecule has 1 aromatic rings. The molecule has 0 radical (unpaired) electrons. The Morgan fingerprint density at radius 3 is 2.50 bits per heavy atom. The van der Waals surface area contributed by atoms with Crippen LogP contribution in [0.15, 0.2) is 16.8 Å². The molecule has 1 rings (SSSR count). The maximum atomic E-state index is 11.8. The average Bonchev–Trinajstić information content (AvgIpc) is 2.97. The molecule has 0 saturated heterocycles. The number of amides is 1. The van der Waals surface area contributed by atoms with Gasteiger partial charge in [-0.2, -0.15) is 11.3 Å². The van der Waals surface area contributed by atoms with Crippen LogP contribution in [0.25, 0.3) is 0 Å². The van der Waals surface area contributed by atoms with Gasteiger partial charge in [0, 0.05) is 13.0 Å². The van der Waals surface area contributed by atoms with Gasteiger partial charge in [0.2, 0.25) is 5.91 Å². The summed E-state index contributed by atoms with van der Waals surface area (Å²) in [5.74, 6) is 0.146. The van der Waals surface area contributed by atoms with Crippen molar-refractivity contribution in [3.05, 3.63) is 22.4 Å². The molecule has 0 aliphatic heterocycles. The summed E-state index contributed by atoms with van der Waals surface area (Å²) in [5, 5.41) is 10.4. The van der Waals surface area contributed by atoms with Crippen LogP contribution in [0.2, 0.25) is 0 Å². The molecule has 130 valence electrons. The van der Waals surface area contributed by atoms with Crippen LogP contribution in [-0.4, -0.2) is 44.0 Å². The van der Waals surface area contributed by atoms with Crippen molar-refractivity contribution in [2.75, 3.05) is 33.2 Å². The molecule has 1 unspecified atom stereocenters. The molecule has 0 aliphatic carbocycles. The molecule has 0 spiro atoms. The van der Waals surface area contributed by atoms with E-state index in [9.17, 15) is 4.79 Å². The summed E-state index contributed by atoms with van der Waals surface area (Å²) in [5.41, 5.74) is 1.30. The number of likely N-dealkylation sites (N-methyl/N-ethyl adjacent to an activating group) is 1. The van der Waals surface area contributed by atoms with E-state index >= 15 is 0 Å². The lowest BCUT2D eigenvalue weighted by atomic mass is 10.1. The quantitative estimate of drug-likeness (QED) is 0.622. The third-order valence-corrected chi connectivity index (χ3v) is 4.21. The van der Waals surface area contributed by atoms with Gasteiger partial charge in [-0.1, -0.05) is 13.8 Å². The van der Waals surface area contributed by atoms with Crippen LogP contribution >= 0.6 is 36.2 Å². The summed E-state index contributed by atoms with van der Waals surface area (Å²) in [6, 6.07) is 2.44. The molecule has 4 nitrogen and oxygen atoms in total. The van der Waals surface area contributed by atoms with Crippen LogP contribution in [0.3, 0.4) is 0 Å². The van der Waals surface area contributed by atoms with Crippen LogP contribution in [0.5, 0.6) is 0 Å². The number of nitrogens with one attached hydrogen (secondary N) is 2. The highest BCUT2D eigenvalue weighted by Crippen LogP contribution is 2.22. The average molecular weight is 370 g/mol. The second kappa shape index (κ2) is 14.3. The van der Waals surface area contributed by atoms with Gasteiger partial charge in [0.15, 0.2) is 0 Å². The van der Waals surface area contributed by atoms with Crippen molar-refractivity contribution < 1.29 is 4.79 Å². The summed E-state index contributed by atoms with van der Waals surface area (Å²) in [6.45, 7) is 7.89. The summed E-state index contributed by atoms with van der Waals surface area (Å²) in [6.07, 6.45) is 1.48. The smallest absolute Gasteiger partial charge is 0.220 e. The maximum absolute atomic E-state index is 11.8. The predicted molar refractivity (Wildman–Crippen MR) is 101 cm³/mol. The van der Waals surface area contributed by atoms with Crippen molar-refractivity contribution in [1.29, 1.82) is 0 Å². The molecule has 7 heteroatoms. The topological polar surface area (TPSA) is 44.4 Å². The zero-order valence-corrected chi connectivity index (χ0v) is 16.1. The molecule has 0 aromatic carbocycles. The number of nitrogens with zero attached hydrogens (tertiary/aromatic N) is 1. The lowest BCUT2D eigenvalue weighted by molar-refractivity contribution is -0.121. The second-order valence-electron chi connectivity index (χ2n) is 4.80. The Labute approximate surface area is 150 Å². The summed E-state index contributed by atoms with van der Waals surface area (Å²) >= 11 is 1.71. The van der Waals surface area contributed by atoms with Crippen molar-refractivity contribution in [2.24, 2.45) is 0 Å². The van der Waals surface area contributed by atoms with Crippen molar-refractivity contribution in [2.45, 2.75) is 32.7 Å². The maximum Gasteiger partial charge on any atom is 0.220 e. The van der Waals surface area contributed by atoms with Crippen LogP contribution in [0.1, 0.15) is 38.3 Å². The Kier molecular flexibility index (Phi) is 15.5. The van der Waals surface area contributed by atoms with Crippen molar-refractivity contribution >= 4 is 42.1 Å². The van der Waals surface area contributed by atoms with Crippen LogP contribution in [0, 0.1) is 0 Å². The summed E-state index contributed by atoms with van der Waals surface area (Å²) in [4.78, 5) is 14.2. The molecule has 1 aromatic heterocycles. The minimum atomic E-state index is 0. The van der Waals surface area contributed by atoms with E-state index in [2.05, 4.69) is 46.2 Å². The van der Waals surface area contributed by atoms with Gasteiger partial charge in [-0.15, -0.1) is 24.8 Å². The molecular weight excluding hydrogens is 341 g/mol. The highest BCUT2D eigenvalue weighted by atomic mass is 35.5. The standard InChI is InChI=1S/C15H27N3OS.2ClH/c1-4-18(5-2)14(13-8-10-20-12-13)11-17-15(19)7-6-9-16-3;;/h8,10,12,14,16H,4-7,9,11H2,1-3H3,(H,17,19);2*1H. The van der Waals surface area contributed by atoms with E-state index in [-0.39, 0.29) is 36.8 Å².